The summed E-state index contributed by atoms with van der Waals surface area (Å²) in [7, 11) is 0. The highest BCUT2D eigenvalue weighted by Crippen LogP contribution is 2.37. The van der Waals surface area contributed by atoms with Crippen molar-refractivity contribution < 1.29 is 0 Å². The van der Waals surface area contributed by atoms with Crippen LogP contribution in [0.25, 0.3) is 0 Å². The van der Waals surface area contributed by atoms with E-state index in [1.807, 2.05) is 12.1 Å². The maximum atomic E-state index is 6.10. The molecule has 0 aliphatic carbocycles. The van der Waals surface area contributed by atoms with Crippen LogP contribution in [0.4, 0.5) is 0 Å². The van der Waals surface area contributed by atoms with Crippen molar-refractivity contribution >= 4 is 17.6 Å². The van der Waals surface area contributed by atoms with Crippen LogP contribution >= 0.6 is 11.6 Å². The Hall–Kier alpha value is -1.22. The average Bonchev–Trinajstić information content (AvgIpc) is 2.69. The fourth-order valence-corrected chi connectivity index (χ4v) is 2.88. The molecule has 1 aliphatic heterocycles. The van der Waals surface area contributed by atoms with Gasteiger partial charge in [-0.25, -0.2) is 0 Å². The van der Waals surface area contributed by atoms with E-state index < -0.39 is 0 Å². The van der Waals surface area contributed by atoms with Crippen LogP contribution in [0.5, 0.6) is 0 Å². The normalized spacial score (nSPS) is 23.0. The fourth-order valence-electron chi connectivity index (χ4n) is 2.75. The molecule has 1 aliphatic rings. The van der Waals surface area contributed by atoms with Gasteiger partial charge in [-0.3, -0.25) is 4.99 Å². The van der Waals surface area contributed by atoms with E-state index in [2.05, 4.69) is 42.8 Å². The molecule has 1 atom stereocenters. The van der Waals surface area contributed by atoms with Gasteiger partial charge < -0.3 is 10.6 Å². The van der Waals surface area contributed by atoms with Crippen molar-refractivity contribution in [3.8, 4) is 0 Å². The van der Waals surface area contributed by atoms with E-state index in [-0.39, 0.29) is 5.54 Å². The number of hydrogen-bond acceptors (Lipinski definition) is 3. The van der Waals surface area contributed by atoms with Crippen LogP contribution < -0.4 is 5.73 Å². The first kappa shape index (κ1) is 14.2. The van der Waals surface area contributed by atoms with E-state index in [9.17, 15) is 0 Å². The number of benzene rings is 1. The van der Waals surface area contributed by atoms with Crippen molar-refractivity contribution in [3.63, 3.8) is 0 Å². The average molecular weight is 280 g/mol. The molecule has 0 spiro atoms. The smallest absolute Gasteiger partial charge is 0.192 e. The summed E-state index contributed by atoms with van der Waals surface area (Å²) < 4.78 is 0. The monoisotopic (exact) mass is 279 g/mol. The van der Waals surface area contributed by atoms with Crippen LogP contribution in [0, 0.1) is 5.92 Å². The van der Waals surface area contributed by atoms with Crippen LogP contribution in [-0.4, -0.2) is 23.9 Å². The zero-order valence-electron chi connectivity index (χ0n) is 11.9. The third-order valence-corrected chi connectivity index (χ3v) is 4.06. The summed E-state index contributed by atoms with van der Waals surface area (Å²) in [5.74, 6) is 1.20. The van der Waals surface area contributed by atoms with Gasteiger partial charge >= 0.3 is 0 Å². The van der Waals surface area contributed by atoms with Gasteiger partial charge in [0.25, 0.3) is 0 Å². The number of halogens is 1. The largest absolute Gasteiger partial charge is 0.370 e. The minimum atomic E-state index is -0.112. The zero-order valence-corrected chi connectivity index (χ0v) is 12.6. The third-order valence-electron chi connectivity index (χ3n) is 3.81. The van der Waals surface area contributed by atoms with Crippen LogP contribution in [0.1, 0.15) is 32.8 Å². The van der Waals surface area contributed by atoms with Gasteiger partial charge in [0.15, 0.2) is 5.96 Å². The lowest BCUT2D eigenvalue weighted by Crippen LogP contribution is -2.50. The molecule has 1 aromatic carbocycles. The van der Waals surface area contributed by atoms with Crippen molar-refractivity contribution in [3.05, 3.63) is 34.9 Å². The Morgan fingerprint density at radius 3 is 2.53 bits per heavy atom. The Morgan fingerprint density at radius 2 is 2.00 bits per heavy atom. The van der Waals surface area contributed by atoms with Crippen LogP contribution in [-0.2, 0) is 5.54 Å². The predicted octanol–water partition coefficient (Wildman–Crippen LogP) is 3.23. The molecule has 0 saturated heterocycles. The molecule has 19 heavy (non-hydrogen) atoms. The Bertz CT molecular complexity index is 467. The van der Waals surface area contributed by atoms with Gasteiger partial charge in [-0.2, -0.15) is 0 Å². The molecule has 0 amide bonds. The third kappa shape index (κ3) is 2.57. The first-order valence-electron chi connectivity index (χ1n) is 6.83. The van der Waals surface area contributed by atoms with Gasteiger partial charge in [0.05, 0.1) is 12.1 Å². The van der Waals surface area contributed by atoms with Gasteiger partial charge in [0.1, 0.15) is 0 Å². The molecule has 2 rings (SSSR count). The van der Waals surface area contributed by atoms with Crippen molar-refractivity contribution in [1.82, 2.24) is 4.90 Å². The number of hydrogen-bond donors (Lipinski definition) is 1. The second-order valence-corrected chi connectivity index (χ2v) is 6.01. The van der Waals surface area contributed by atoms with Crippen LogP contribution in [0.15, 0.2) is 29.3 Å². The molecular weight excluding hydrogens is 258 g/mol. The maximum Gasteiger partial charge on any atom is 0.192 e. The molecule has 1 unspecified atom stereocenters. The van der Waals surface area contributed by atoms with E-state index in [4.69, 9.17) is 17.3 Å². The first-order valence-corrected chi connectivity index (χ1v) is 7.21. The quantitative estimate of drug-likeness (QED) is 0.919. The summed E-state index contributed by atoms with van der Waals surface area (Å²) in [6.07, 6.45) is 0.978. The van der Waals surface area contributed by atoms with E-state index >= 15 is 0 Å². The Labute approximate surface area is 120 Å². The molecule has 0 fully saturated rings. The summed E-state index contributed by atoms with van der Waals surface area (Å²) in [6, 6.07) is 8.06. The predicted molar refractivity (Wildman–Crippen MR) is 81.5 cm³/mol. The molecule has 0 aromatic heterocycles. The lowest BCUT2D eigenvalue weighted by Gasteiger charge is -2.40. The SMILES string of the molecule is CCC1(c2ccc(Cl)cc2)CN=C(N)N1CC(C)C. The van der Waals surface area contributed by atoms with Gasteiger partial charge in [-0.1, -0.05) is 44.5 Å². The Morgan fingerprint density at radius 1 is 1.37 bits per heavy atom. The van der Waals surface area contributed by atoms with E-state index in [1.54, 1.807) is 0 Å². The second kappa shape index (κ2) is 5.41. The van der Waals surface area contributed by atoms with E-state index in [0.717, 1.165) is 24.5 Å². The summed E-state index contributed by atoms with van der Waals surface area (Å²) in [5, 5.41) is 0.761. The molecular formula is C15H22ClN3. The Kier molecular flexibility index (Phi) is 4.04. The topological polar surface area (TPSA) is 41.6 Å². The van der Waals surface area contributed by atoms with E-state index in [1.165, 1.54) is 5.56 Å². The minimum absolute atomic E-state index is 0.112. The molecule has 0 bridgehead atoms. The standard InChI is InChI=1S/C15H22ClN3/c1-4-15(12-5-7-13(16)8-6-12)10-18-14(17)19(15)9-11(2)3/h5-8,11H,4,9-10H2,1-3H3,(H2,17,18). The van der Waals surface area contributed by atoms with Gasteiger partial charge in [-0.15, -0.1) is 0 Å². The number of guanidine groups is 1. The van der Waals surface area contributed by atoms with Crippen LogP contribution in [0.3, 0.4) is 0 Å². The molecule has 0 saturated carbocycles. The van der Waals surface area contributed by atoms with Crippen molar-refractivity contribution in [2.24, 2.45) is 16.6 Å². The molecule has 0 radical (unpaired) electrons. The number of rotatable bonds is 4. The molecule has 3 nitrogen and oxygen atoms in total. The highest BCUT2D eigenvalue weighted by molar-refractivity contribution is 6.30. The summed E-state index contributed by atoms with van der Waals surface area (Å²) in [6.45, 7) is 8.24. The highest BCUT2D eigenvalue weighted by atomic mass is 35.5. The molecule has 104 valence electrons. The summed E-state index contributed by atoms with van der Waals surface area (Å²) in [5.41, 5.74) is 7.22. The number of nitrogens with zero attached hydrogens (tertiary/aromatic N) is 2. The first-order chi connectivity index (χ1) is 8.99. The summed E-state index contributed by atoms with van der Waals surface area (Å²) in [4.78, 5) is 6.73. The van der Waals surface area contributed by atoms with Crippen LogP contribution in [0.2, 0.25) is 5.02 Å². The minimum Gasteiger partial charge on any atom is -0.370 e. The number of nitrogens with two attached hydrogens (primary N) is 1. The lowest BCUT2D eigenvalue weighted by molar-refractivity contribution is 0.176. The van der Waals surface area contributed by atoms with E-state index in [0.29, 0.717) is 11.9 Å². The van der Waals surface area contributed by atoms with Gasteiger partial charge in [0.2, 0.25) is 0 Å². The molecule has 4 heteroatoms. The maximum absolute atomic E-state index is 6.10. The number of aliphatic imine (C=N–C) groups is 1. The molecule has 2 N–H and O–H groups in total. The zero-order chi connectivity index (χ0) is 14.0. The lowest BCUT2D eigenvalue weighted by atomic mass is 9.86. The second-order valence-electron chi connectivity index (χ2n) is 5.57. The fraction of sp³-hybridized carbons (Fsp3) is 0.533. The molecule has 1 aromatic rings. The Balaban J connectivity index is 2.39. The van der Waals surface area contributed by atoms with Crippen molar-refractivity contribution in [1.29, 1.82) is 0 Å². The summed E-state index contributed by atoms with van der Waals surface area (Å²) >= 11 is 5.99. The molecule has 1 heterocycles. The van der Waals surface area contributed by atoms with Gasteiger partial charge in [0, 0.05) is 11.6 Å². The van der Waals surface area contributed by atoms with Crippen molar-refractivity contribution in [2.45, 2.75) is 32.7 Å². The highest BCUT2D eigenvalue weighted by Gasteiger charge is 2.42. The van der Waals surface area contributed by atoms with Gasteiger partial charge in [-0.05, 0) is 30.0 Å². The van der Waals surface area contributed by atoms with Crippen molar-refractivity contribution in [2.75, 3.05) is 13.1 Å².